The van der Waals surface area contributed by atoms with Crippen molar-refractivity contribution in [3.05, 3.63) is 48.0 Å². The van der Waals surface area contributed by atoms with E-state index in [1.807, 2.05) is 0 Å². The average Bonchev–Trinajstić information content (AvgIpc) is 2.87. The molecule has 0 spiro atoms. The van der Waals surface area contributed by atoms with Crippen LogP contribution < -0.4 is 19.5 Å². The Labute approximate surface area is 195 Å². The molecule has 1 heterocycles. The zero-order valence-corrected chi connectivity index (χ0v) is 19.3. The first-order chi connectivity index (χ1) is 16.1. The molecule has 176 valence electrons. The summed E-state index contributed by atoms with van der Waals surface area (Å²) >= 11 is 0. The van der Waals surface area contributed by atoms with Crippen molar-refractivity contribution in [2.45, 2.75) is 44.6 Å². The lowest BCUT2D eigenvalue weighted by Gasteiger charge is -2.44. The number of likely N-dealkylation sites (tertiary alicyclic amines) is 1. The van der Waals surface area contributed by atoms with Gasteiger partial charge in [-0.2, -0.15) is 0 Å². The summed E-state index contributed by atoms with van der Waals surface area (Å²) in [5, 5.41) is 2.78. The Morgan fingerprint density at radius 2 is 1.70 bits per heavy atom. The highest BCUT2D eigenvalue weighted by Gasteiger charge is 2.36. The molecule has 2 unspecified atom stereocenters. The van der Waals surface area contributed by atoms with Crippen LogP contribution >= 0.6 is 0 Å². The van der Waals surface area contributed by atoms with Gasteiger partial charge in [-0.05, 0) is 74.1 Å². The van der Waals surface area contributed by atoms with Gasteiger partial charge in [0.2, 0.25) is 0 Å². The number of nitrogens with zero attached hydrogens (tertiary/aromatic N) is 1. The third-order valence-electron chi connectivity index (χ3n) is 6.65. The lowest BCUT2D eigenvalue weighted by molar-refractivity contribution is -0.118. The fraction of sp³-hybridized carbons (Fsp3) is 0.462. The van der Waals surface area contributed by atoms with Gasteiger partial charge in [0.25, 0.3) is 11.8 Å². The van der Waals surface area contributed by atoms with Gasteiger partial charge in [-0.15, -0.1) is 0 Å². The molecule has 1 N–H and O–H groups in total. The minimum atomic E-state index is -0.293. The van der Waals surface area contributed by atoms with Crippen LogP contribution in [0.5, 0.6) is 17.2 Å². The molecule has 1 saturated carbocycles. The molecule has 4 rings (SSSR count). The second-order valence-corrected chi connectivity index (χ2v) is 8.68. The average molecular weight is 453 g/mol. The molecule has 2 amide bonds. The minimum Gasteiger partial charge on any atom is -0.497 e. The number of carbonyl (C=O) groups excluding carboxylic acids is 2. The van der Waals surface area contributed by atoms with E-state index < -0.39 is 0 Å². The molecule has 0 aromatic heterocycles. The molecule has 2 atom stereocenters. The molecule has 7 nitrogen and oxygen atoms in total. The standard InChI is InChI=1S/C26H32N2O5/c1-31-21-12-10-20(11-13-21)27-25(29)17-33-23-14-9-19(16-24(23)32-2)26(30)28-15-5-7-18-6-3-4-8-22(18)28/h9-14,16,18,22H,3-8,15,17H2,1-2H3,(H,27,29). The summed E-state index contributed by atoms with van der Waals surface area (Å²) in [5.41, 5.74) is 1.24. The topological polar surface area (TPSA) is 77.1 Å². The number of hydrogen-bond donors (Lipinski definition) is 1. The van der Waals surface area contributed by atoms with Gasteiger partial charge in [-0.1, -0.05) is 12.8 Å². The fourth-order valence-electron chi connectivity index (χ4n) is 4.98. The predicted octanol–water partition coefficient (Wildman–Crippen LogP) is 4.52. The number of amides is 2. The van der Waals surface area contributed by atoms with Crippen molar-refractivity contribution in [3.63, 3.8) is 0 Å². The van der Waals surface area contributed by atoms with Crippen LogP contribution in [-0.4, -0.2) is 50.1 Å². The smallest absolute Gasteiger partial charge is 0.262 e. The SMILES string of the molecule is COc1ccc(NC(=O)COc2ccc(C(=O)N3CCCC4CCCCC43)cc2OC)cc1. The van der Waals surface area contributed by atoms with Gasteiger partial charge in [0, 0.05) is 23.8 Å². The molecular weight excluding hydrogens is 420 g/mol. The first-order valence-corrected chi connectivity index (χ1v) is 11.6. The molecule has 0 bridgehead atoms. The Balaban J connectivity index is 1.38. The van der Waals surface area contributed by atoms with Crippen LogP contribution in [0.25, 0.3) is 0 Å². The molecule has 33 heavy (non-hydrogen) atoms. The summed E-state index contributed by atoms with van der Waals surface area (Å²) in [5.74, 6) is 1.97. The molecule has 2 aliphatic rings. The van der Waals surface area contributed by atoms with E-state index in [0.717, 1.165) is 19.4 Å². The van der Waals surface area contributed by atoms with Crippen molar-refractivity contribution < 1.29 is 23.8 Å². The van der Waals surface area contributed by atoms with Crippen molar-refractivity contribution >= 4 is 17.5 Å². The van der Waals surface area contributed by atoms with E-state index in [2.05, 4.69) is 10.2 Å². The van der Waals surface area contributed by atoms with E-state index in [0.29, 0.717) is 40.5 Å². The lowest BCUT2D eigenvalue weighted by atomic mass is 9.78. The number of nitrogens with one attached hydrogen (secondary N) is 1. The Morgan fingerprint density at radius 1 is 0.939 bits per heavy atom. The van der Waals surface area contributed by atoms with Gasteiger partial charge in [-0.25, -0.2) is 0 Å². The second-order valence-electron chi connectivity index (χ2n) is 8.68. The van der Waals surface area contributed by atoms with Crippen molar-refractivity contribution in [2.75, 3.05) is 32.7 Å². The van der Waals surface area contributed by atoms with Crippen LogP contribution in [0.1, 0.15) is 48.9 Å². The number of hydrogen-bond acceptors (Lipinski definition) is 5. The quantitative estimate of drug-likeness (QED) is 0.669. The van der Waals surface area contributed by atoms with Crippen LogP contribution in [-0.2, 0) is 4.79 Å². The van der Waals surface area contributed by atoms with Crippen LogP contribution in [0.4, 0.5) is 5.69 Å². The molecule has 7 heteroatoms. The van der Waals surface area contributed by atoms with Crippen LogP contribution in [0, 0.1) is 5.92 Å². The van der Waals surface area contributed by atoms with Crippen LogP contribution in [0.3, 0.4) is 0 Å². The third kappa shape index (κ3) is 5.41. The molecule has 2 fully saturated rings. The highest BCUT2D eigenvalue weighted by molar-refractivity contribution is 5.95. The van der Waals surface area contributed by atoms with Gasteiger partial charge < -0.3 is 24.4 Å². The Hall–Kier alpha value is -3.22. The summed E-state index contributed by atoms with van der Waals surface area (Å²) in [4.78, 5) is 27.7. The van der Waals surface area contributed by atoms with E-state index >= 15 is 0 Å². The third-order valence-corrected chi connectivity index (χ3v) is 6.65. The zero-order valence-electron chi connectivity index (χ0n) is 19.3. The van der Waals surface area contributed by atoms with Gasteiger partial charge in [-0.3, -0.25) is 9.59 Å². The molecular formula is C26H32N2O5. The summed E-state index contributed by atoms with van der Waals surface area (Å²) < 4.78 is 16.3. The van der Waals surface area contributed by atoms with E-state index in [1.54, 1.807) is 49.6 Å². The summed E-state index contributed by atoms with van der Waals surface area (Å²) in [6, 6.07) is 12.6. The molecule has 2 aromatic carbocycles. The summed E-state index contributed by atoms with van der Waals surface area (Å²) in [7, 11) is 3.12. The highest BCUT2D eigenvalue weighted by atomic mass is 16.5. The maximum absolute atomic E-state index is 13.3. The van der Waals surface area contributed by atoms with Crippen molar-refractivity contribution in [3.8, 4) is 17.2 Å². The zero-order chi connectivity index (χ0) is 23.2. The van der Waals surface area contributed by atoms with Crippen molar-refractivity contribution in [1.29, 1.82) is 0 Å². The summed E-state index contributed by atoms with van der Waals surface area (Å²) in [6.45, 7) is 0.637. The molecule has 2 aromatic rings. The van der Waals surface area contributed by atoms with Crippen LogP contribution in [0.2, 0.25) is 0 Å². The van der Waals surface area contributed by atoms with Crippen molar-refractivity contribution in [2.24, 2.45) is 5.92 Å². The number of fused-ring (bicyclic) bond motifs is 1. The number of benzene rings is 2. The molecule has 1 aliphatic carbocycles. The number of anilines is 1. The number of ether oxygens (including phenoxy) is 3. The monoisotopic (exact) mass is 452 g/mol. The number of methoxy groups -OCH3 is 2. The number of carbonyl (C=O) groups is 2. The lowest BCUT2D eigenvalue weighted by Crippen LogP contribution is -2.49. The van der Waals surface area contributed by atoms with E-state index in [9.17, 15) is 9.59 Å². The molecule has 1 saturated heterocycles. The van der Waals surface area contributed by atoms with Gasteiger partial charge in [0.1, 0.15) is 5.75 Å². The maximum Gasteiger partial charge on any atom is 0.262 e. The second kappa shape index (κ2) is 10.6. The van der Waals surface area contributed by atoms with Gasteiger partial charge >= 0.3 is 0 Å². The van der Waals surface area contributed by atoms with E-state index in [-0.39, 0.29) is 18.4 Å². The van der Waals surface area contributed by atoms with E-state index in [1.165, 1.54) is 32.8 Å². The first-order valence-electron chi connectivity index (χ1n) is 11.6. The Kier molecular flexibility index (Phi) is 7.37. The first kappa shape index (κ1) is 23.0. The normalized spacial score (nSPS) is 19.9. The Bertz CT molecular complexity index is 973. The van der Waals surface area contributed by atoms with Crippen molar-refractivity contribution in [1.82, 2.24) is 4.90 Å². The van der Waals surface area contributed by atoms with Crippen LogP contribution in [0.15, 0.2) is 42.5 Å². The summed E-state index contributed by atoms with van der Waals surface area (Å²) in [6.07, 6.45) is 7.08. The number of piperidine rings is 1. The van der Waals surface area contributed by atoms with E-state index in [4.69, 9.17) is 14.2 Å². The fourth-order valence-corrected chi connectivity index (χ4v) is 4.98. The minimum absolute atomic E-state index is 0.0497. The molecule has 0 radical (unpaired) electrons. The maximum atomic E-state index is 13.3. The Morgan fingerprint density at radius 3 is 2.45 bits per heavy atom. The predicted molar refractivity (Wildman–Crippen MR) is 126 cm³/mol. The van der Waals surface area contributed by atoms with Gasteiger partial charge in [0.15, 0.2) is 18.1 Å². The van der Waals surface area contributed by atoms with Gasteiger partial charge in [0.05, 0.1) is 14.2 Å². The molecule has 1 aliphatic heterocycles. The number of rotatable bonds is 7. The largest absolute Gasteiger partial charge is 0.497 e. The highest BCUT2D eigenvalue weighted by Crippen LogP contribution is 2.37.